The maximum Gasteiger partial charge on any atom is 0.0623 e. The third-order valence-electron chi connectivity index (χ3n) is 4.17. The lowest BCUT2D eigenvalue weighted by Crippen LogP contribution is -2.35. The van der Waals surface area contributed by atoms with Gasteiger partial charge in [-0.15, -0.1) is 0 Å². The first-order valence-corrected chi connectivity index (χ1v) is 6.20. The Morgan fingerprint density at radius 2 is 1.94 bits per heavy atom. The van der Waals surface area contributed by atoms with Crippen molar-refractivity contribution in [2.24, 2.45) is 5.92 Å². The van der Waals surface area contributed by atoms with Crippen LogP contribution in [0.25, 0.3) is 0 Å². The predicted molar refractivity (Wildman–Crippen MR) is 67.7 cm³/mol. The van der Waals surface area contributed by atoms with Crippen molar-refractivity contribution in [3.05, 3.63) is 34.4 Å². The van der Waals surface area contributed by atoms with E-state index in [2.05, 4.69) is 26.0 Å². The maximum absolute atomic E-state index is 10.1. The quantitative estimate of drug-likeness (QED) is 0.767. The van der Waals surface area contributed by atoms with Crippen LogP contribution in [0.5, 0.6) is 0 Å². The summed E-state index contributed by atoms with van der Waals surface area (Å²) in [6.07, 6.45) is 3.26. The highest BCUT2D eigenvalue weighted by molar-refractivity contribution is 5.41. The summed E-state index contributed by atoms with van der Waals surface area (Å²) >= 11 is 0. The normalized spacial score (nSPS) is 20.7. The van der Waals surface area contributed by atoms with Crippen LogP contribution in [0.3, 0.4) is 0 Å². The van der Waals surface area contributed by atoms with E-state index < -0.39 is 5.60 Å². The Bertz CT molecular complexity index is 399. The Balaban J connectivity index is 2.33. The van der Waals surface area contributed by atoms with Gasteiger partial charge < -0.3 is 5.11 Å². The molecule has 1 aliphatic carbocycles. The summed E-state index contributed by atoms with van der Waals surface area (Å²) in [4.78, 5) is 0. The maximum atomic E-state index is 10.1. The summed E-state index contributed by atoms with van der Waals surface area (Å²) < 4.78 is 0. The Morgan fingerprint density at radius 1 is 1.25 bits per heavy atom. The summed E-state index contributed by atoms with van der Waals surface area (Å²) in [6, 6.07) is 4.45. The van der Waals surface area contributed by atoms with Crippen molar-refractivity contribution in [3.63, 3.8) is 0 Å². The second-order valence-electron chi connectivity index (χ2n) is 5.74. The van der Waals surface area contributed by atoms with Crippen molar-refractivity contribution in [1.29, 1.82) is 0 Å². The van der Waals surface area contributed by atoms with Gasteiger partial charge in [-0.1, -0.05) is 12.1 Å². The molecule has 0 fully saturated rings. The van der Waals surface area contributed by atoms with Crippen LogP contribution in [-0.2, 0) is 12.8 Å². The largest absolute Gasteiger partial charge is 0.390 e. The van der Waals surface area contributed by atoms with Crippen LogP contribution in [0.15, 0.2) is 12.1 Å². The monoisotopic (exact) mass is 218 g/mol. The molecule has 0 saturated heterocycles. The van der Waals surface area contributed by atoms with Gasteiger partial charge >= 0.3 is 0 Å². The van der Waals surface area contributed by atoms with E-state index in [1.807, 2.05) is 13.8 Å². The third kappa shape index (κ3) is 2.01. The van der Waals surface area contributed by atoms with E-state index in [-0.39, 0.29) is 0 Å². The summed E-state index contributed by atoms with van der Waals surface area (Å²) in [5.41, 5.74) is 5.27. The molecule has 1 unspecified atom stereocenters. The molecule has 1 aromatic rings. The second-order valence-corrected chi connectivity index (χ2v) is 5.74. The zero-order valence-corrected chi connectivity index (χ0v) is 10.8. The third-order valence-corrected chi connectivity index (χ3v) is 4.17. The minimum Gasteiger partial charge on any atom is -0.390 e. The molecule has 0 saturated carbocycles. The highest BCUT2D eigenvalue weighted by Gasteiger charge is 2.30. The van der Waals surface area contributed by atoms with Gasteiger partial charge in [-0.05, 0) is 75.1 Å². The highest BCUT2D eigenvalue weighted by Crippen LogP contribution is 2.34. The molecular weight excluding hydrogens is 196 g/mol. The van der Waals surface area contributed by atoms with Crippen molar-refractivity contribution in [1.82, 2.24) is 0 Å². The molecule has 1 aromatic carbocycles. The van der Waals surface area contributed by atoms with Crippen LogP contribution < -0.4 is 0 Å². The van der Waals surface area contributed by atoms with Gasteiger partial charge in [-0.2, -0.15) is 0 Å². The fraction of sp³-hybridized carbons (Fsp3) is 0.600. The number of benzene rings is 1. The van der Waals surface area contributed by atoms with Crippen LogP contribution in [0, 0.1) is 19.8 Å². The molecular formula is C15H22O. The van der Waals surface area contributed by atoms with Gasteiger partial charge in [-0.3, -0.25) is 0 Å². The second kappa shape index (κ2) is 3.89. The lowest BCUT2D eigenvalue weighted by molar-refractivity contribution is 0.0110. The summed E-state index contributed by atoms with van der Waals surface area (Å²) in [5.74, 6) is 0.405. The first-order valence-electron chi connectivity index (χ1n) is 6.20. The van der Waals surface area contributed by atoms with Crippen LogP contribution in [0.2, 0.25) is 0 Å². The molecule has 1 heteroatoms. The first kappa shape index (κ1) is 11.7. The van der Waals surface area contributed by atoms with Gasteiger partial charge in [0.2, 0.25) is 0 Å². The van der Waals surface area contributed by atoms with Gasteiger partial charge in [0.05, 0.1) is 5.60 Å². The zero-order chi connectivity index (χ0) is 11.9. The van der Waals surface area contributed by atoms with Crippen LogP contribution in [0.1, 0.15) is 42.5 Å². The van der Waals surface area contributed by atoms with Gasteiger partial charge in [0.15, 0.2) is 0 Å². The van der Waals surface area contributed by atoms with Crippen molar-refractivity contribution in [2.75, 3.05) is 0 Å². The molecule has 16 heavy (non-hydrogen) atoms. The molecule has 0 bridgehead atoms. The van der Waals surface area contributed by atoms with Gasteiger partial charge in [0.1, 0.15) is 0 Å². The summed E-state index contributed by atoms with van der Waals surface area (Å²) in [5, 5.41) is 10.1. The van der Waals surface area contributed by atoms with E-state index >= 15 is 0 Å². The molecule has 0 aliphatic heterocycles. The fourth-order valence-corrected chi connectivity index (χ4v) is 2.76. The van der Waals surface area contributed by atoms with E-state index in [0.717, 1.165) is 19.3 Å². The number of rotatable bonds is 1. The van der Waals surface area contributed by atoms with Crippen molar-refractivity contribution >= 4 is 0 Å². The SMILES string of the molecule is Cc1ccc2c(c1C)CCC(C(C)(C)O)C2. The molecule has 0 amide bonds. The molecule has 1 aliphatic rings. The molecule has 0 aromatic heterocycles. The lowest BCUT2D eigenvalue weighted by atomic mass is 9.74. The molecule has 1 N–H and O–H groups in total. The topological polar surface area (TPSA) is 20.2 Å². The van der Waals surface area contributed by atoms with Gasteiger partial charge in [-0.25, -0.2) is 0 Å². The van der Waals surface area contributed by atoms with Crippen molar-refractivity contribution < 1.29 is 5.11 Å². The Morgan fingerprint density at radius 3 is 2.56 bits per heavy atom. The van der Waals surface area contributed by atoms with E-state index in [4.69, 9.17) is 0 Å². The Labute approximate surface area is 98.5 Å². The molecule has 88 valence electrons. The van der Waals surface area contributed by atoms with E-state index in [9.17, 15) is 5.11 Å². The Kier molecular flexibility index (Phi) is 2.83. The molecule has 0 spiro atoms. The average Bonchev–Trinajstić information content (AvgIpc) is 2.22. The number of aliphatic hydroxyl groups is 1. The molecule has 1 nitrogen and oxygen atoms in total. The molecule has 2 rings (SSSR count). The van der Waals surface area contributed by atoms with Crippen LogP contribution >= 0.6 is 0 Å². The number of fused-ring (bicyclic) bond motifs is 1. The number of hydrogen-bond acceptors (Lipinski definition) is 1. The van der Waals surface area contributed by atoms with E-state index in [1.54, 1.807) is 0 Å². The molecule has 1 atom stereocenters. The number of hydrogen-bond donors (Lipinski definition) is 1. The number of aryl methyl sites for hydroxylation is 1. The Hall–Kier alpha value is -0.820. The first-order chi connectivity index (χ1) is 7.39. The van der Waals surface area contributed by atoms with Crippen molar-refractivity contribution in [3.8, 4) is 0 Å². The molecule has 0 radical (unpaired) electrons. The van der Waals surface area contributed by atoms with E-state index in [1.165, 1.54) is 22.3 Å². The summed E-state index contributed by atoms with van der Waals surface area (Å²) in [7, 11) is 0. The predicted octanol–water partition coefficient (Wildman–Crippen LogP) is 3.18. The minimum atomic E-state index is -0.545. The fourth-order valence-electron chi connectivity index (χ4n) is 2.76. The summed E-state index contributed by atoms with van der Waals surface area (Å²) in [6.45, 7) is 8.27. The van der Waals surface area contributed by atoms with Crippen LogP contribution in [0.4, 0.5) is 0 Å². The highest BCUT2D eigenvalue weighted by atomic mass is 16.3. The minimum absolute atomic E-state index is 0.405. The molecule has 0 heterocycles. The standard InChI is InChI=1S/C15H22O/c1-10-5-6-12-9-13(15(3,4)16)7-8-14(12)11(10)2/h5-6,13,16H,7-9H2,1-4H3. The smallest absolute Gasteiger partial charge is 0.0623 e. The van der Waals surface area contributed by atoms with Gasteiger partial charge in [0, 0.05) is 0 Å². The van der Waals surface area contributed by atoms with Crippen molar-refractivity contribution in [2.45, 2.75) is 52.6 Å². The van der Waals surface area contributed by atoms with E-state index in [0.29, 0.717) is 5.92 Å². The average molecular weight is 218 g/mol. The van der Waals surface area contributed by atoms with Gasteiger partial charge in [0.25, 0.3) is 0 Å². The van der Waals surface area contributed by atoms with Crippen LogP contribution in [-0.4, -0.2) is 10.7 Å². The lowest BCUT2D eigenvalue weighted by Gasteiger charge is -2.34. The zero-order valence-electron chi connectivity index (χ0n) is 10.8.